The number of carbonyl (C=O) groups is 1. The van der Waals surface area contributed by atoms with Crippen LogP contribution in [0.5, 0.6) is 0 Å². The predicted octanol–water partition coefficient (Wildman–Crippen LogP) is 3.34. The predicted molar refractivity (Wildman–Crippen MR) is 113 cm³/mol. The van der Waals surface area contributed by atoms with Gasteiger partial charge in [0.05, 0.1) is 29.5 Å². The van der Waals surface area contributed by atoms with Crippen LogP contribution in [-0.4, -0.2) is 42.6 Å². The lowest BCUT2D eigenvalue weighted by Gasteiger charge is -2.21. The van der Waals surface area contributed by atoms with E-state index in [2.05, 4.69) is 24.0 Å². The number of rotatable bonds is 8. The van der Waals surface area contributed by atoms with Gasteiger partial charge in [0.2, 0.25) is 5.91 Å². The Morgan fingerprint density at radius 1 is 1.21 bits per heavy atom. The summed E-state index contributed by atoms with van der Waals surface area (Å²) in [5, 5.41) is 10.3. The molecule has 0 saturated carbocycles. The van der Waals surface area contributed by atoms with Crippen LogP contribution in [0.2, 0.25) is 0 Å². The minimum absolute atomic E-state index is 0.457. The highest BCUT2D eigenvalue weighted by atomic mass is 16.5. The van der Waals surface area contributed by atoms with Crippen molar-refractivity contribution in [3.8, 4) is 17.3 Å². The average molecular weight is 388 g/mol. The third-order valence-corrected chi connectivity index (χ3v) is 4.94. The van der Waals surface area contributed by atoms with Gasteiger partial charge in [0.25, 0.3) is 0 Å². The van der Waals surface area contributed by atoms with E-state index in [9.17, 15) is 10.1 Å². The summed E-state index contributed by atoms with van der Waals surface area (Å²) in [5.41, 5.74) is 9.96. The van der Waals surface area contributed by atoms with Crippen molar-refractivity contribution in [3.63, 3.8) is 0 Å². The van der Waals surface area contributed by atoms with Crippen LogP contribution >= 0.6 is 0 Å². The van der Waals surface area contributed by atoms with Crippen LogP contribution in [0.4, 0.5) is 0 Å². The smallest absolute Gasteiger partial charge is 0.248 e. The first kappa shape index (κ1) is 20.5. The number of carbonyl (C=O) groups excluding carboxylic acids is 1. The van der Waals surface area contributed by atoms with Crippen molar-refractivity contribution < 1.29 is 9.53 Å². The van der Waals surface area contributed by atoms with Crippen molar-refractivity contribution in [1.29, 1.82) is 5.26 Å². The molecular weight excluding hydrogens is 364 g/mol. The number of fused-ring (bicyclic) bond motifs is 1. The highest BCUT2D eigenvalue weighted by Gasteiger charge is 2.12. The topological polar surface area (TPSA) is 92.2 Å². The number of ether oxygens (including phenoxy) is 1. The summed E-state index contributed by atoms with van der Waals surface area (Å²) < 4.78 is 5.23. The SMILES string of the molecule is CCN(CCOC)Cc1cc(-c2ccc(C(N)=O)cc2)nc2cc(C#N)ccc12. The lowest BCUT2D eigenvalue weighted by atomic mass is 10.0. The molecule has 1 heterocycles. The Morgan fingerprint density at radius 3 is 2.59 bits per heavy atom. The molecule has 0 aliphatic rings. The quantitative estimate of drug-likeness (QED) is 0.639. The molecule has 0 unspecified atom stereocenters. The molecule has 0 spiro atoms. The van der Waals surface area contributed by atoms with Gasteiger partial charge >= 0.3 is 0 Å². The number of aromatic nitrogens is 1. The van der Waals surface area contributed by atoms with E-state index >= 15 is 0 Å². The van der Waals surface area contributed by atoms with Gasteiger partial charge in [0.15, 0.2) is 0 Å². The highest BCUT2D eigenvalue weighted by Crippen LogP contribution is 2.27. The van der Waals surface area contributed by atoms with Crippen LogP contribution in [0.25, 0.3) is 22.2 Å². The van der Waals surface area contributed by atoms with Crippen LogP contribution in [0.15, 0.2) is 48.5 Å². The van der Waals surface area contributed by atoms with Gasteiger partial charge in [-0.3, -0.25) is 9.69 Å². The Morgan fingerprint density at radius 2 is 1.97 bits per heavy atom. The summed E-state index contributed by atoms with van der Waals surface area (Å²) in [5.74, 6) is -0.459. The molecule has 0 radical (unpaired) electrons. The van der Waals surface area contributed by atoms with E-state index in [0.717, 1.165) is 47.4 Å². The van der Waals surface area contributed by atoms with Crippen LogP contribution in [0, 0.1) is 11.3 Å². The van der Waals surface area contributed by atoms with Gasteiger partial charge in [-0.15, -0.1) is 0 Å². The van der Waals surface area contributed by atoms with Gasteiger partial charge in [0.1, 0.15) is 0 Å². The summed E-state index contributed by atoms with van der Waals surface area (Å²) >= 11 is 0. The second-order valence-electron chi connectivity index (χ2n) is 6.81. The summed E-state index contributed by atoms with van der Waals surface area (Å²) in [6.07, 6.45) is 0. The highest BCUT2D eigenvalue weighted by molar-refractivity contribution is 5.93. The number of likely N-dealkylation sites (N-methyl/N-ethyl adjacent to an activating group) is 1. The van der Waals surface area contributed by atoms with Crippen LogP contribution in [-0.2, 0) is 11.3 Å². The van der Waals surface area contributed by atoms with E-state index in [4.69, 9.17) is 15.5 Å². The lowest BCUT2D eigenvalue weighted by Crippen LogP contribution is -2.26. The Bertz CT molecular complexity index is 1050. The van der Waals surface area contributed by atoms with Crippen LogP contribution in [0.3, 0.4) is 0 Å². The number of nitriles is 1. The number of primary amides is 1. The number of hydrogen-bond acceptors (Lipinski definition) is 5. The minimum atomic E-state index is -0.459. The minimum Gasteiger partial charge on any atom is -0.383 e. The Labute approximate surface area is 170 Å². The number of nitrogens with zero attached hydrogens (tertiary/aromatic N) is 3. The maximum absolute atomic E-state index is 11.3. The van der Waals surface area contributed by atoms with Crippen molar-refractivity contribution in [2.45, 2.75) is 13.5 Å². The van der Waals surface area contributed by atoms with E-state index in [0.29, 0.717) is 17.7 Å². The molecule has 3 aromatic rings. The normalized spacial score (nSPS) is 11.0. The molecule has 0 atom stereocenters. The maximum atomic E-state index is 11.3. The molecule has 2 aromatic carbocycles. The Hall–Kier alpha value is -3.27. The molecule has 1 aromatic heterocycles. The lowest BCUT2D eigenvalue weighted by molar-refractivity contribution is 0.100. The van der Waals surface area contributed by atoms with Crippen molar-refractivity contribution in [2.24, 2.45) is 5.73 Å². The molecule has 0 fully saturated rings. The molecule has 3 rings (SSSR count). The fourth-order valence-corrected chi connectivity index (χ4v) is 3.26. The Balaban J connectivity index is 2.08. The summed E-state index contributed by atoms with van der Waals surface area (Å²) in [6, 6.07) is 16.9. The van der Waals surface area contributed by atoms with Crippen molar-refractivity contribution >= 4 is 16.8 Å². The van der Waals surface area contributed by atoms with Gasteiger partial charge in [-0.2, -0.15) is 5.26 Å². The summed E-state index contributed by atoms with van der Waals surface area (Å²) in [4.78, 5) is 18.4. The Kier molecular flexibility index (Phi) is 6.55. The van der Waals surface area contributed by atoms with Crippen molar-refractivity contribution in [3.05, 3.63) is 65.2 Å². The molecule has 0 saturated heterocycles. The third kappa shape index (κ3) is 4.77. The third-order valence-electron chi connectivity index (χ3n) is 4.94. The first-order valence-corrected chi connectivity index (χ1v) is 9.51. The van der Waals surface area contributed by atoms with Gasteiger partial charge in [-0.05, 0) is 42.4 Å². The van der Waals surface area contributed by atoms with Crippen LogP contribution < -0.4 is 5.73 Å². The fourth-order valence-electron chi connectivity index (χ4n) is 3.26. The summed E-state index contributed by atoms with van der Waals surface area (Å²) in [6.45, 7) is 5.26. The number of pyridine rings is 1. The van der Waals surface area contributed by atoms with E-state index in [1.165, 1.54) is 0 Å². The maximum Gasteiger partial charge on any atom is 0.248 e. The van der Waals surface area contributed by atoms with E-state index in [1.807, 2.05) is 30.3 Å². The molecule has 0 aliphatic heterocycles. The molecular formula is C23H24N4O2. The molecule has 6 nitrogen and oxygen atoms in total. The molecule has 1 amide bonds. The monoisotopic (exact) mass is 388 g/mol. The number of methoxy groups -OCH3 is 1. The zero-order valence-electron chi connectivity index (χ0n) is 16.7. The molecule has 2 N–H and O–H groups in total. The summed E-state index contributed by atoms with van der Waals surface area (Å²) in [7, 11) is 1.70. The number of nitrogens with two attached hydrogens (primary N) is 1. The van der Waals surface area contributed by atoms with Gasteiger partial charge in [-0.25, -0.2) is 4.98 Å². The van der Waals surface area contributed by atoms with Crippen LogP contribution in [0.1, 0.15) is 28.4 Å². The zero-order valence-corrected chi connectivity index (χ0v) is 16.7. The fraction of sp³-hybridized carbons (Fsp3) is 0.261. The number of amides is 1. The van der Waals surface area contributed by atoms with E-state index in [1.54, 1.807) is 19.2 Å². The second kappa shape index (κ2) is 9.28. The molecule has 29 heavy (non-hydrogen) atoms. The molecule has 148 valence electrons. The largest absolute Gasteiger partial charge is 0.383 e. The molecule has 0 bridgehead atoms. The van der Waals surface area contributed by atoms with Crippen molar-refractivity contribution in [2.75, 3.05) is 26.8 Å². The zero-order chi connectivity index (χ0) is 20.8. The first-order chi connectivity index (χ1) is 14.0. The van der Waals surface area contributed by atoms with E-state index in [-0.39, 0.29) is 0 Å². The standard InChI is InChI=1S/C23H24N4O2/c1-3-27(10-11-29-2)15-19-13-21(17-5-7-18(8-6-17)23(25)28)26-22-12-16(14-24)4-9-20(19)22/h4-9,12-13H,3,10-11,15H2,1-2H3,(H2,25,28). The second-order valence-corrected chi connectivity index (χ2v) is 6.81. The molecule has 6 heteroatoms. The van der Waals surface area contributed by atoms with Gasteiger partial charge < -0.3 is 10.5 Å². The van der Waals surface area contributed by atoms with Gasteiger partial charge in [0, 0.05) is 36.7 Å². The number of hydrogen-bond donors (Lipinski definition) is 1. The number of benzene rings is 2. The average Bonchev–Trinajstić information content (AvgIpc) is 2.75. The van der Waals surface area contributed by atoms with Crippen molar-refractivity contribution in [1.82, 2.24) is 9.88 Å². The van der Waals surface area contributed by atoms with Gasteiger partial charge in [-0.1, -0.05) is 25.1 Å². The van der Waals surface area contributed by atoms with E-state index < -0.39 is 5.91 Å². The first-order valence-electron chi connectivity index (χ1n) is 9.51. The molecule has 0 aliphatic carbocycles.